The van der Waals surface area contributed by atoms with Crippen molar-refractivity contribution in [2.75, 3.05) is 13.1 Å². The van der Waals surface area contributed by atoms with Gasteiger partial charge in [0.1, 0.15) is 5.69 Å². The van der Waals surface area contributed by atoms with Gasteiger partial charge in [0.15, 0.2) is 0 Å². The fourth-order valence-corrected chi connectivity index (χ4v) is 1.98. The zero-order valence-corrected chi connectivity index (χ0v) is 10.1. The smallest absolute Gasteiger partial charge is 0.274 e. The Hall–Kier alpha value is -1.49. The van der Waals surface area contributed by atoms with Crippen LogP contribution in [0.1, 0.15) is 29.5 Å². The first-order valence-corrected chi connectivity index (χ1v) is 5.84. The predicted molar refractivity (Wildman–Crippen MR) is 62.5 cm³/mol. The quantitative estimate of drug-likeness (QED) is 0.775. The molecule has 0 aliphatic carbocycles. The molecule has 92 valence electrons. The normalized spacial score (nSPS) is 24.8. The number of carbonyl (C=O) groups is 1. The van der Waals surface area contributed by atoms with E-state index in [2.05, 4.69) is 9.97 Å². The van der Waals surface area contributed by atoms with Crippen LogP contribution in [-0.4, -0.2) is 45.1 Å². The average Bonchev–Trinajstić information content (AvgIpc) is 2.33. The molecule has 1 aromatic heterocycles. The molecule has 0 bridgehead atoms. The molecule has 0 radical (unpaired) electrons. The zero-order valence-electron chi connectivity index (χ0n) is 10.1. The lowest BCUT2D eigenvalue weighted by molar-refractivity contribution is 0.0294. The highest BCUT2D eigenvalue weighted by atomic mass is 16.3. The lowest BCUT2D eigenvalue weighted by Gasteiger charge is -2.34. The van der Waals surface area contributed by atoms with Gasteiger partial charge in [0, 0.05) is 19.3 Å². The van der Waals surface area contributed by atoms with E-state index in [-0.39, 0.29) is 17.9 Å². The molecule has 1 N–H and O–H groups in total. The molecule has 5 nitrogen and oxygen atoms in total. The Morgan fingerprint density at radius 2 is 2.24 bits per heavy atom. The van der Waals surface area contributed by atoms with Crippen LogP contribution in [0.25, 0.3) is 0 Å². The average molecular weight is 235 g/mol. The SMILES string of the molecule is Cc1cnc(C(=O)N2CCC(O)C(C)C2)cn1. The molecule has 17 heavy (non-hydrogen) atoms. The van der Waals surface area contributed by atoms with Crippen LogP contribution < -0.4 is 0 Å². The number of rotatable bonds is 1. The highest BCUT2D eigenvalue weighted by Gasteiger charge is 2.28. The minimum Gasteiger partial charge on any atom is -0.393 e. The number of aromatic nitrogens is 2. The van der Waals surface area contributed by atoms with Crippen LogP contribution in [0.2, 0.25) is 0 Å². The standard InChI is InChI=1S/C12H17N3O2/c1-8-7-15(4-3-11(8)16)12(17)10-6-13-9(2)5-14-10/h5-6,8,11,16H,3-4,7H2,1-2H3. The number of aliphatic hydroxyl groups excluding tert-OH is 1. The third-order valence-corrected chi connectivity index (χ3v) is 3.15. The molecule has 0 aromatic carbocycles. The van der Waals surface area contributed by atoms with E-state index in [1.165, 1.54) is 6.20 Å². The maximum atomic E-state index is 12.1. The minimum atomic E-state index is -0.303. The third kappa shape index (κ3) is 2.61. The molecule has 1 fully saturated rings. The van der Waals surface area contributed by atoms with Gasteiger partial charge < -0.3 is 10.0 Å². The molecule has 1 aliphatic rings. The summed E-state index contributed by atoms with van der Waals surface area (Å²) in [6, 6.07) is 0. The summed E-state index contributed by atoms with van der Waals surface area (Å²) in [6.45, 7) is 4.95. The van der Waals surface area contributed by atoms with Gasteiger partial charge in [-0.2, -0.15) is 0 Å². The number of piperidine rings is 1. The van der Waals surface area contributed by atoms with E-state index < -0.39 is 0 Å². The number of aliphatic hydroxyl groups is 1. The van der Waals surface area contributed by atoms with E-state index in [1.807, 2.05) is 13.8 Å². The molecular formula is C12H17N3O2. The summed E-state index contributed by atoms with van der Waals surface area (Å²) in [5.41, 5.74) is 1.17. The van der Waals surface area contributed by atoms with Gasteiger partial charge in [0.25, 0.3) is 5.91 Å². The second kappa shape index (κ2) is 4.79. The van der Waals surface area contributed by atoms with Gasteiger partial charge in [-0.05, 0) is 19.3 Å². The predicted octanol–water partition coefficient (Wildman–Crippen LogP) is 0.628. The van der Waals surface area contributed by atoms with Crippen LogP contribution in [0.4, 0.5) is 0 Å². The Balaban J connectivity index is 2.08. The molecule has 2 unspecified atom stereocenters. The Morgan fingerprint density at radius 3 is 2.82 bits per heavy atom. The first kappa shape index (κ1) is 12.0. The minimum absolute atomic E-state index is 0.101. The van der Waals surface area contributed by atoms with Crippen molar-refractivity contribution in [3.05, 3.63) is 23.8 Å². The second-order valence-electron chi connectivity index (χ2n) is 4.63. The molecule has 1 saturated heterocycles. The Labute approximate surface area is 100 Å². The van der Waals surface area contributed by atoms with Gasteiger partial charge in [-0.15, -0.1) is 0 Å². The van der Waals surface area contributed by atoms with Crippen LogP contribution in [-0.2, 0) is 0 Å². The van der Waals surface area contributed by atoms with Crippen molar-refractivity contribution in [1.82, 2.24) is 14.9 Å². The Morgan fingerprint density at radius 1 is 1.47 bits per heavy atom. The van der Waals surface area contributed by atoms with Crippen LogP contribution in [0.15, 0.2) is 12.4 Å². The highest BCUT2D eigenvalue weighted by Crippen LogP contribution is 2.17. The van der Waals surface area contributed by atoms with Gasteiger partial charge in [-0.25, -0.2) is 4.98 Å². The summed E-state index contributed by atoms with van der Waals surface area (Å²) in [5, 5.41) is 9.62. The molecule has 0 spiro atoms. The fraction of sp³-hybridized carbons (Fsp3) is 0.583. The molecule has 5 heteroatoms. The van der Waals surface area contributed by atoms with E-state index in [1.54, 1.807) is 11.1 Å². The summed E-state index contributed by atoms with van der Waals surface area (Å²) in [6.07, 6.45) is 3.43. The van der Waals surface area contributed by atoms with Gasteiger partial charge >= 0.3 is 0 Å². The van der Waals surface area contributed by atoms with Crippen molar-refractivity contribution in [2.45, 2.75) is 26.4 Å². The first-order valence-electron chi connectivity index (χ1n) is 5.84. The number of carbonyl (C=O) groups excluding carboxylic acids is 1. The van der Waals surface area contributed by atoms with Crippen molar-refractivity contribution >= 4 is 5.91 Å². The van der Waals surface area contributed by atoms with Crippen LogP contribution in [0.5, 0.6) is 0 Å². The molecule has 2 atom stereocenters. The molecule has 1 amide bonds. The fourth-order valence-electron chi connectivity index (χ4n) is 1.98. The molecular weight excluding hydrogens is 218 g/mol. The van der Waals surface area contributed by atoms with E-state index in [4.69, 9.17) is 0 Å². The summed E-state index contributed by atoms with van der Waals surface area (Å²) in [4.78, 5) is 22.0. The van der Waals surface area contributed by atoms with Gasteiger partial charge in [0.05, 0.1) is 18.0 Å². The van der Waals surface area contributed by atoms with Gasteiger partial charge in [0.2, 0.25) is 0 Å². The summed E-state index contributed by atoms with van der Waals surface area (Å²) in [7, 11) is 0. The maximum Gasteiger partial charge on any atom is 0.274 e. The van der Waals surface area contributed by atoms with Crippen molar-refractivity contribution in [2.24, 2.45) is 5.92 Å². The number of nitrogens with zero attached hydrogens (tertiary/aromatic N) is 3. The number of hydrogen-bond donors (Lipinski definition) is 1. The van der Waals surface area contributed by atoms with Crippen molar-refractivity contribution in [3.8, 4) is 0 Å². The molecule has 2 rings (SSSR count). The lowest BCUT2D eigenvalue weighted by atomic mass is 9.96. The molecule has 1 aliphatic heterocycles. The van der Waals surface area contributed by atoms with Crippen molar-refractivity contribution in [1.29, 1.82) is 0 Å². The maximum absolute atomic E-state index is 12.1. The van der Waals surface area contributed by atoms with E-state index >= 15 is 0 Å². The van der Waals surface area contributed by atoms with E-state index in [0.717, 1.165) is 5.69 Å². The molecule has 1 aromatic rings. The third-order valence-electron chi connectivity index (χ3n) is 3.15. The van der Waals surface area contributed by atoms with E-state index in [0.29, 0.717) is 25.2 Å². The van der Waals surface area contributed by atoms with Gasteiger partial charge in [-0.1, -0.05) is 6.92 Å². The Bertz CT molecular complexity index is 405. The van der Waals surface area contributed by atoms with Crippen molar-refractivity contribution < 1.29 is 9.90 Å². The van der Waals surface area contributed by atoms with Gasteiger partial charge in [-0.3, -0.25) is 9.78 Å². The van der Waals surface area contributed by atoms with Crippen LogP contribution >= 0.6 is 0 Å². The van der Waals surface area contributed by atoms with E-state index in [9.17, 15) is 9.90 Å². The second-order valence-corrected chi connectivity index (χ2v) is 4.63. The van der Waals surface area contributed by atoms with Crippen LogP contribution in [0.3, 0.4) is 0 Å². The number of aryl methyl sites for hydroxylation is 1. The zero-order chi connectivity index (χ0) is 12.4. The largest absolute Gasteiger partial charge is 0.393 e. The monoisotopic (exact) mass is 235 g/mol. The molecule has 2 heterocycles. The summed E-state index contributed by atoms with van der Waals surface area (Å²) < 4.78 is 0. The summed E-state index contributed by atoms with van der Waals surface area (Å²) in [5.74, 6) is 0.0161. The Kier molecular flexibility index (Phi) is 3.38. The van der Waals surface area contributed by atoms with Crippen LogP contribution in [0, 0.1) is 12.8 Å². The first-order chi connectivity index (χ1) is 8.08. The number of hydrogen-bond acceptors (Lipinski definition) is 4. The summed E-state index contributed by atoms with van der Waals surface area (Å²) >= 11 is 0. The molecule has 0 saturated carbocycles. The topological polar surface area (TPSA) is 66.3 Å². The highest BCUT2D eigenvalue weighted by molar-refractivity contribution is 5.92. The van der Waals surface area contributed by atoms with Crippen molar-refractivity contribution in [3.63, 3.8) is 0 Å². The number of likely N-dealkylation sites (tertiary alicyclic amines) is 1. The number of amides is 1. The lowest BCUT2D eigenvalue weighted by Crippen LogP contribution is -2.45.